The molecule has 9 aromatic rings. The van der Waals surface area contributed by atoms with Gasteiger partial charge in [0.25, 0.3) is 0 Å². The van der Waals surface area contributed by atoms with Crippen molar-refractivity contribution in [1.82, 2.24) is 14.5 Å². The minimum atomic E-state index is -0.844. The Balaban J connectivity index is 0.00000676. The Bertz CT molecular complexity index is 3400. The molecule has 5 heteroatoms. The first-order valence-electron chi connectivity index (χ1n) is 24.8. The Kier molecular flexibility index (Phi) is 12.9. The van der Waals surface area contributed by atoms with Gasteiger partial charge in [-0.3, -0.25) is 9.55 Å². The average Bonchev–Trinajstić information content (AvgIpc) is 3.70. The zero-order valence-corrected chi connectivity index (χ0v) is 44.3. The SMILES string of the molecule is [2H]C(C)(C)c1cc(-c2ccc(-n3c(-c4cc(C(C)(C)C)cc(C(C)(C)C)c4O)nc4c(-c5[c-]c(-c6cc(-c7ccc(C)cc7)ccn6)cc(-c6ccccc6)c5)cccc43)c(C)c2)cc(C([2H])(C)C)c1.[Pt]. The molecule has 0 aliphatic rings. The summed E-state index contributed by atoms with van der Waals surface area (Å²) in [6.45, 7) is 24.9. The molecular weight excluding hydrogens is 1020 g/mol. The van der Waals surface area contributed by atoms with Crippen LogP contribution < -0.4 is 0 Å². The van der Waals surface area contributed by atoms with E-state index < -0.39 is 11.8 Å². The number of phenolic OH excluding ortho intramolecular Hbond substituents is 1. The number of hydrogen-bond acceptors (Lipinski definition) is 3. The largest absolute Gasteiger partial charge is 0.507 e. The predicted octanol–water partition coefficient (Wildman–Crippen LogP) is 17.4. The van der Waals surface area contributed by atoms with Gasteiger partial charge in [0.1, 0.15) is 11.6 Å². The van der Waals surface area contributed by atoms with E-state index in [9.17, 15) is 5.11 Å². The molecule has 0 aliphatic carbocycles. The Morgan fingerprint density at radius 3 is 1.84 bits per heavy atom. The van der Waals surface area contributed by atoms with E-state index in [-0.39, 0.29) is 37.6 Å². The van der Waals surface area contributed by atoms with Crippen LogP contribution in [0.2, 0.25) is 0 Å². The van der Waals surface area contributed by atoms with E-state index in [4.69, 9.17) is 12.7 Å². The second kappa shape index (κ2) is 19.2. The molecule has 9 rings (SSSR count). The Morgan fingerprint density at radius 2 is 1.20 bits per heavy atom. The van der Waals surface area contributed by atoms with Crippen LogP contribution in [0.3, 0.4) is 0 Å². The van der Waals surface area contributed by atoms with Crippen LogP contribution in [0.5, 0.6) is 5.75 Å². The minimum Gasteiger partial charge on any atom is -0.507 e. The van der Waals surface area contributed by atoms with Gasteiger partial charge in [0.05, 0.1) is 22.3 Å². The van der Waals surface area contributed by atoms with Crippen LogP contribution in [0.25, 0.3) is 83.9 Å². The van der Waals surface area contributed by atoms with Gasteiger partial charge in [-0.25, -0.2) is 4.98 Å². The summed E-state index contributed by atoms with van der Waals surface area (Å²) in [6.07, 6.45) is 1.88. The number of phenols is 1. The molecule has 2 aromatic heterocycles. The number of benzene rings is 7. The van der Waals surface area contributed by atoms with Crippen molar-refractivity contribution in [2.45, 2.75) is 106 Å². The van der Waals surface area contributed by atoms with Crippen LogP contribution in [0.4, 0.5) is 0 Å². The molecule has 69 heavy (non-hydrogen) atoms. The first kappa shape index (κ1) is 46.4. The standard InChI is InChI=1S/C64H64N3O.Pt/c1-39(2)47-30-48(40(3)4)32-50(31-47)45-25-26-58(42(6)29-45)67-59-20-16-19-54(60(59)66-62(67)55-37-53(63(7,8)9)38-56(61(55)68)64(10,11)12)51-33-49(43-17-14-13-15-18-43)34-52(35-51)57-36-46(27-28-65-57)44-23-21-41(5)22-24-44;/h13-34,36-40,68H,1-12H3;/q-1;/i39D,40D;. The normalized spacial score (nSPS) is 12.7. The molecule has 0 atom stereocenters. The van der Waals surface area contributed by atoms with Crippen LogP contribution in [-0.4, -0.2) is 19.6 Å². The van der Waals surface area contributed by atoms with Gasteiger partial charge in [-0.1, -0.05) is 195 Å². The van der Waals surface area contributed by atoms with E-state index in [0.29, 0.717) is 11.4 Å². The molecule has 4 nitrogen and oxygen atoms in total. The van der Waals surface area contributed by atoms with Gasteiger partial charge in [-0.15, -0.1) is 23.8 Å². The van der Waals surface area contributed by atoms with Crippen molar-refractivity contribution in [1.29, 1.82) is 0 Å². The summed E-state index contributed by atoms with van der Waals surface area (Å²) in [5.41, 5.74) is 18.4. The maximum absolute atomic E-state index is 12.5. The molecule has 0 spiro atoms. The quantitative estimate of drug-likeness (QED) is 0.147. The second-order valence-corrected chi connectivity index (χ2v) is 21.0. The third kappa shape index (κ3) is 9.93. The minimum absolute atomic E-state index is 0. The van der Waals surface area contributed by atoms with Gasteiger partial charge >= 0.3 is 0 Å². The van der Waals surface area contributed by atoms with Crippen molar-refractivity contribution in [2.75, 3.05) is 0 Å². The molecule has 1 N–H and O–H groups in total. The number of pyridine rings is 1. The number of aryl methyl sites for hydroxylation is 2. The van der Waals surface area contributed by atoms with Gasteiger partial charge in [0.15, 0.2) is 0 Å². The molecule has 0 bridgehead atoms. The number of nitrogens with zero attached hydrogens (tertiary/aromatic N) is 3. The molecular formula is C64H64N3OPt-. The summed E-state index contributed by atoms with van der Waals surface area (Å²) < 4.78 is 20.1. The van der Waals surface area contributed by atoms with Crippen LogP contribution in [0, 0.1) is 19.9 Å². The summed E-state index contributed by atoms with van der Waals surface area (Å²) in [5.74, 6) is -0.837. The van der Waals surface area contributed by atoms with Gasteiger partial charge in [-0.2, -0.15) is 0 Å². The Labute approximate surface area is 427 Å². The Morgan fingerprint density at radius 1 is 0.580 bits per heavy atom. The van der Waals surface area contributed by atoms with E-state index in [1.807, 2.05) is 46.0 Å². The van der Waals surface area contributed by atoms with Crippen LogP contribution in [0.15, 0.2) is 152 Å². The third-order valence-corrected chi connectivity index (χ3v) is 13.3. The number of para-hydroxylation sites is 1. The van der Waals surface area contributed by atoms with Crippen molar-refractivity contribution in [3.63, 3.8) is 0 Å². The van der Waals surface area contributed by atoms with Crippen molar-refractivity contribution in [2.24, 2.45) is 0 Å². The van der Waals surface area contributed by atoms with E-state index in [0.717, 1.165) is 100 Å². The molecule has 0 saturated carbocycles. The van der Waals surface area contributed by atoms with Crippen LogP contribution in [0.1, 0.15) is 117 Å². The molecule has 0 amide bonds. The van der Waals surface area contributed by atoms with Gasteiger partial charge in [0, 0.05) is 41.3 Å². The molecule has 7 aromatic carbocycles. The number of fused-ring (bicyclic) bond motifs is 1. The first-order chi connectivity index (χ1) is 32.9. The van der Waals surface area contributed by atoms with Gasteiger partial charge in [-0.05, 0) is 117 Å². The average molecular weight is 1090 g/mol. The summed E-state index contributed by atoms with van der Waals surface area (Å²) >= 11 is 0. The summed E-state index contributed by atoms with van der Waals surface area (Å²) in [7, 11) is 0. The monoisotopic (exact) mass is 1090 g/mol. The molecule has 352 valence electrons. The van der Waals surface area contributed by atoms with Gasteiger partial charge < -0.3 is 5.11 Å². The zero-order chi connectivity index (χ0) is 50.1. The fourth-order valence-corrected chi connectivity index (χ4v) is 9.16. The molecule has 2 heterocycles. The molecule has 0 unspecified atom stereocenters. The zero-order valence-electron chi connectivity index (χ0n) is 44.0. The number of rotatable bonds is 9. The van der Waals surface area contributed by atoms with Gasteiger partial charge in [0.2, 0.25) is 0 Å². The molecule has 0 aliphatic heterocycles. The van der Waals surface area contributed by atoms with Crippen LogP contribution >= 0.6 is 0 Å². The summed E-state index contributed by atoms with van der Waals surface area (Å²) in [4.78, 5) is 10.6. The molecule has 0 saturated heterocycles. The second-order valence-electron chi connectivity index (χ2n) is 21.0. The summed E-state index contributed by atoms with van der Waals surface area (Å²) in [6, 6.07) is 54.7. The van der Waals surface area contributed by atoms with Crippen molar-refractivity contribution in [3.8, 4) is 78.6 Å². The fourth-order valence-electron chi connectivity index (χ4n) is 9.16. The maximum Gasteiger partial charge on any atom is 0.148 e. The van der Waals surface area contributed by atoms with Crippen LogP contribution in [-0.2, 0) is 31.9 Å². The number of hydrogen-bond donors (Lipinski definition) is 1. The number of aromatic nitrogens is 3. The van der Waals surface area contributed by atoms with E-state index in [2.05, 4.69) is 199 Å². The van der Waals surface area contributed by atoms with E-state index >= 15 is 0 Å². The summed E-state index contributed by atoms with van der Waals surface area (Å²) in [5, 5.41) is 12.5. The predicted molar refractivity (Wildman–Crippen MR) is 287 cm³/mol. The first-order valence-corrected chi connectivity index (χ1v) is 23.8. The van der Waals surface area contributed by atoms with E-state index in [1.165, 1.54) is 5.56 Å². The van der Waals surface area contributed by atoms with Crippen molar-refractivity contribution < 1.29 is 28.9 Å². The smallest absolute Gasteiger partial charge is 0.148 e. The fraction of sp³-hybridized carbons (Fsp3) is 0.250. The number of imidazole rings is 1. The third-order valence-electron chi connectivity index (χ3n) is 13.3. The van der Waals surface area contributed by atoms with Crippen molar-refractivity contribution in [3.05, 3.63) is 191 Å². The Hall–Kier alpha value is -6.35. The maximum atomic E-state index is 12.5. The topological polar surface area (TPSA) is 50.9 Å². The number of aromatic hydroxyl groups is 1. The van der Waals surface area contributed by atoms with E-state index in [1.54, 1.807) is 0 Å². The molecule has 0 radical (unpaired) electrons. The van der Waals surface area contributed by atoms with Crippen molar-refractivity contribution >= 4 is 11.0 Å². The molecule has 0 fully saturated rings.